The molecular weight excluding hydrogens is 202 g/mol. The summed E-state index contributed by atoms with van der Waals surface area (Å²) >= 11 is 0. The monoisotopic (exact) mass is 223 g/mol. The Morgan fingerprint density at radius 2 is 2.12 bits per heavy atom. The molecule has 0 radical (unpaired) electrons. The van der Waals surface area contributed by atoms with Gasteiger partial charge in [-0.05, 0) is 38.0 Å². The van der Waals surface area contributed by atoms with Crippen LogP contribution in [-0.2, 0) is 12.0 Å². The van der Waals surface area contributed by atoms with Gasteiger partial charge in [0.1, 0.15) is 0 Å². The molecule has 0 bridgehead atoms. The largest absolute Gasteiger partial charge is 0.339 e. The second-order valence-electron chi connectivity index (χ2n) is 5.10. The lowest BCUT2D eigenvalue weighted by molar-refractivity contribution is 0.230. The summed E-state index contributed by atoms with van der Waals surface area (Å²) in [6, 6.07) is 0. The molecule has 0 aliphatic heterocycles. The van der Waals surface area contributed by atoms with Crippen LogP contribution in [0.3, 0.4) is 0 Å². The Labute approximate surface area is 96.6 Å². The van der Waals surface area contributed by atoms with Crippen molar-refractivity contribution >= 4 is 0 Å². The van der Waals surface area contributed by atoms with Crippen LogP contribution in [0.2, 0.25) is 0 Å². The van der Waals surface area contributed by atoms with Crippen LogP contribution in [0.1, 0.15) is 57.7 Å². The van der Waals surface area contributed by atoms with Crippen molar-refractivity contribution in [2.24, 2.45) is 11.7 Å². The van der Waals surface area contributed by atoms with Crippen LogP contribution in [0.4, 0.5) is 0 Å². The summed E-state index contributed by atoms with van der Waals surface area (Å²) in [5, 5.41) is 4.04. The number of hydrogen-bond donors (Lipinski definition) is 1. The molecular formula is C12H21N3O. The molecule has 0 spiro atoms. The third-order valence-electron chi connectivity index (χ3n) is 3.54. The van der Waals surface area contributed by atoms with Gasteiger partial charge in [0.2, 0.25) is 5.89 Å². The van der Waals surface area contributed by atoms with Gasteiger partial charge in [-0.2, -0.15) is 4.98 Å². The van der Waals surface area contributed by atoms with Crippen molar-refractivity contribution in [2.75, 3.05) is 0 Å². The van der Waals surface area contributed by atoms with E-state index in [0.717, 1.165) is 50.3 Å². The molecule has 16 heavy (non-hydrogen) atoms. The molecule has 0 unspecified atom stereocenters. The molecule has 1 fully saturated rings. The number of hydrogen-bond acceptors (Lipinski definition) is 4. The summed E-state index contributed by atoms with van der Waals surface area (Å²) in [6.07, 6.45) is 6.14. The Kier molecular flexibility index (Phi) is 3.28. The predicted octanol–water partition coefficient (Wildman–Crippen LogP) is 2.39. The molecule has 1 aliphatic rings. The Morgan fingerprint density at radius 1 is 1.44 bits per heavy atom. The maximum atomic E-state index is 6.37. The third kappa shape index (κ3) is 2.26. The molecule has 0 amide bonds. The predicted molar refractivity (Wildman–Crippen MR) is 61.8 cm³/mol. The Bertz CT molecular complexity index is 340. The van der Waals surface area contributed by atoms with E-state index in [2.05, 4.69) is 24.0 Å². The fraction of sp³-hybridized carbons (Fsp3) is 0.833. The van der Waals surface area contributed by atoms with Crippen molar-refractivity contribution < 1.29 is 4.52 Å². The van der Waals surface area contributed by atoms with Crippen LogP contribution in [0.25, 0.3) is 0 Å². The van der Waals surface area contributed by atoms with E-state index < -0.39 is 0 Å². The molecule has 1 heterocycles. The lowest BCUT2D eigenvalue weighted by Crippen LogP contribution is -2.41. The van der Waals surface area contributed by atoms with Crippen LogP contribution in [0.5, 0.6) is 0 Å². The second-order valence-corrected chi connectivity index (χ2v) is 5.10. The maximum absolute atomic E-state index is 6.37. The average Bonchev–Trinajstić information content (AvgIpc) is 2.73. The minimum atomic E-state index is -0.345. The lowest BCUT2D eigenvalue weighted by Gasteiger charge is -2.33. The minimum absolute atomic E-state index is 0.345. The van der Waals surface area contributed by atoms with Crippen molar-refractivity contribution in [3.8, 4) is 0 Å². The van der Waals surface area contributed by atoms with Gasteiger partial charge in [-0.25, -0.2) is 0 Å². The van der Waals surface area contributed by atoms with Gasteiger partial charge in [0, 0.05) is 6.42 Å². The average molecular weight is 223 g/mol. The SMILES string of the molecule is CCCc1nc(C2(N)CCC(C)CC2)no1. The summed E-state index contributed by atoms with van der Waals surface area (Å²) in [7, 11) is 0. The molecule has 4 nitrogen and oxygen atoms in total. The van der Waals surface area contributed by atoms with Crippen LogP contribution in [0, 0.1) is 5.92 Å². The van der Waals surface area contributed by atoms with Crippen LogP contribution < -0.4 is 5.73 Å². The molecule has 1 aromatic rings. The highest BCUT2D eigenvalue weighted by Crippen LogP contribution is 2.35. The van der Waals surface area contributed by atoms with Gasteiger partial charge in [-0.3, -0.25) is 0 Å². The highest BCUT2D eigenvalue weighted by Gasteiger charge is 2.36. The number of nitrogens with two attached hydrogens (primary N) is 1. The number of aromatic nitrogens is 2. The molecule has 4 heteroatoms. The lowest BCUT2D eigenvalue weighted by atomic mass is 9.77. The van der Waals surface area contributed by atoms with Gasteiger partial charge in [-0.1, -0.05) is 19.0 Å². The van der Waals surface area contributed by atoms with E-state index in [1.807, 2.05) is 0 Å². The van der Waals surface area contributed by atoms with E-state index >= 15 is 0 Å². The first-order chi connectivity index (χ1) is 7.64. The molecule has 90 valence electrons. The molecule has 2 N–H and O–H groups in total. The molecule has 0 aromatic carbocycles. The number of rotatable bonds is 3. The topological polar surface area (TPSA) is 64.9 Å². The van der Waals surface area contributed by atoms with E-state index in [1.54, 1.807) is 0 Å². The smallest absolute Gasteiger partial charge is 0.226 e. The summed E-state index contributed by atoms with van der Waals surface area (Å²) < 4.78 is 5.21. The Balaban J connectivity index is 2.09. The van der Waals surface area contributed by atoms with Crippen molar-refractivity contribution in [3.63, 3.8) is 0 Å². The molecule has 1 saturated carbocycles. The normalized spacial score (nSPS) is 30.6. The van der Waals surface area contributed by atoms with Crippen molar-refractivity contribution in [2.45, 2.75) is 57.9 Å². The second kappa shape index (κ2) is 4.53. The van der Waals surface area contributed by atoms with Crippen LogP contribution >= 0.6 is 0 Å². The summed E-state index contributed by atoms with van der Waals surface area (Å²) in [5.74, 6) is 2.21. The van der Waals surface area contributed by atoms with E-state index in [1.165, 1.54) is 0 Å². The quantitative estimate of drug-likeness (QED) is 0.854. The molecule has 1 aromatic heterocycles. The van der Waals surface area contributed by atoms with Crippen molar-refractivity contribution in [3.05, 3.63) is 11.7 Å². The molecule has 1 aliphatic carbocycles. The first-order valence-electron chi connectivity index (χ1n) is 6.26. The fourth-order valence-electron chi connectivity index (χ4n) is 2.27. The Hall–Kier alpha value is -0.900. The molecule has 0 saturated heterocycles. The molecule has 2 rings (SSSR count). The zero-order chi connectivity index (χ0) is 11.6. The van der Waals surface area contributed by atoms with Gasteiger partial charge in [0.25, 0.3) is 0 Å². The van der Waals surface area contributed by atoms with Gasteiger partial charge in [0.05, 0.1) is 5.54 Å². The number of nitrogens with zero attached hydrogens (tertiary/aromatic N) is 2. The zero-order valence-electron chi connectivity index (χ0n) is 10.2. The summed E-state index contributed by atoms with van der Waals surface area (Å²) in [6.45, 7) is 4.38. The van der Waals surface area contributed by atoms with Gasteiger partial charge in [-0.15, -0.1) is 0 Å². The van der Waals surface area contributed by atoms with Crippen molar-refractivity contribution in [1.82, 2.24) is 10.1 Å². The van der Waals surface area contributed by atoms with Crippen LogP contribution in [0.15, 0.2) is 4.52 Å². The summed E-state index contributed by atoms with van der Waals surface area (Å²) in [5.41, 5.74) is 6.02. The highest BCUT2D eigenvalue weighted by molar-refractivity contribution is 5.05. The van der Waals surface area contributed by atoms with Gasteiger partial charge >= 0.3 is 0 Å². The van der Waals surface area contributed by atoms with Gasteiger partial charge < -0.3 is 10.3 Å². The fourth-order valence-corrected chi connectivity index (χ4v) is 2.27. The van der Waals surface area contributed by atoms with E-state index in [9.17, 15) is 0 Å². The first-order valence-corrected chi connectivity index (χ1v) is 6.26. The third-order valence-corrected chi connectivity index (χ3v) is 3.54. The standard InChI is InChI=1S/C12H21N3O/c1-3-4-10-14-11(15-16-10)12(13)7-5-9(2)6-8-12/h9H,3-8,13H2,1-2H3. The Morgan fingerprint density at radius 3 is 2.75 bits per heavy atom. The van der Waals surface area contributed by atoms with Gasteiger partial charge in [0.15, 0.2) is 5.82 Å². The first kappa shape index (κ1) is 11.6. The summed E-state index contributed by atoms with van der Waals surface area (Å²) in [4.78, 5) is 4.42. The van der Waals surface area contributed by atoms with E-state index in [-0.39, 0.29) is 5.54 Å². The molecule has 0 atom stereocenters. The number of aryl methyl sites for hydroxylation is 1. The van der Waals surface area contributed by atoms with E-state index in [0.29, 0.717) is 5.82 Å². The van der Waals surface area contributed by atoms with Crippen molar-refractivity contribution in [1.29, 1.82) is 0 Å². The minimum Gasteiger partial charge on any atom is -0.339 e. The van der Waals surface area contributed by atoms with E-state index in [4.69, 9.17) is 10.3 Å². The zero-order valence-corrected chi connectivity index (χ0v) is 10.2. The highest BCUT2D eigenvalue weighted by atomic mass is 16.5. The van der Waals surface area contributed by atoms with Crippen LogP contribution in [-0.4, -0.2) is 10.1 Å². The maximum Gasteiger partial charge on any atom is 0.226 e.